The summed E-state index contributed by atoms with van der Waals surface area (Å²) in [5, 5.41) is 0. The molecule has 1 heterocycles. The largest absolute Gasteiger partial charge is 0.497 e. The molecule has 1 aromatic carbocycles. The molecule has 1 aliphatic rings. The van der Waals surface area contributed by atoms with Crippen LogP contribution in [-0.4, -0.2) is 37.7 Å². The van der Waals surface area contributed by atoms with Crippen LogP contribution >= 0.6 is 0 Å². The number of methoxy groups -OCH3 is 2. The zero-order valence-electron chi connectivity index (χ0n) is 11.8. The Bertz CT molecular complexity index is 447. The molecule has 0 radical (unpaired) electrons. The molecule has 4 nitrogen and oxygen atoms in total. The van der Waals surface area contributed by atoms with Gasteiger partial charge in [-0.3, -0.25) is 4.79 Å². The third-order valence-corrected chi connectivity index (χ3v) is 3.72. The number of carbonyl (C=O) groups excluding carboxylic acids is 1. The van der Waals surface area contributed by atoms with Gasteiger partial charge in [0.15, 0.2) is 0 Å². The number of nitrogens with zero attached hydrogens (tertiary/aromatic N) is 1. The van der Waals surface area contributed by atoms with Crippen molar-refractivity contribution in [2.75, 3.05) is 20.8 Å². The van der Waals surface area contributed by atoms with Gasteiger partial charge in [-0.1, -0.05) is 12.1 Å². The summed E-state index contributed by atoms with van der Waals surface area (Å²) in [6, 6.07) is 8.08. The summed E-state index contributed by atoms with van der Waals surface area (Å²) in [7, 11) is 3.23. The Kier molecular flexibility index (Phi) is 4.43. The van der Waals surface area contributed by atoms with Crippen LogP contribution in [0.2, 0.25) is 0 Å². The van der Waals surface area contributed by atoms with Crippen molar-refractivity contribution >= 4 is 5.91 Å². The number of rotatable bonds is 4. The second kappa shape index (κ2) is 6.06. The molecule has 0 aliphatic carbocycles. The van der Waals surface area contributed by atoms with E-state index in [1.807, 2.05) is 23.1 Å². The molecule has 0 spiro atoms. The van der Waals surface area contributed by atoms with E-state index in [1.165, 1.54) is 0 Å². The van der Waals surface area contributed by atoms with Gasteiger partial charge in [0.05, 0.1) is 13.2 Å². The zero-order valence-corrected chi connectivity index (χ0v) is 11.8. The van der Waals surface area contributed by atoms with Crippen LogP contribution in [0, 0.1) is 0 Å². The minimum absolute atomic E-state index is 0.0628. The van der Waals surface area contributed by atoms with Crippen LogP contribution < -0.4 is 4.74 Å². The van der Waals surface area contributed by atoms with Crippen molar-refractivity contribution in [1.29, 1.82) is 0 Å². The Hall–Kier alpha value is -1.55. The fraction of sp³-hybridized carbons (Fsp3) is 0.533. The van der Waals surface area contributed by atoms with Crippen LogP contribution in [0.1, 0.15) is 31.4 Å². The van der Waals surface area contributed by atoms with E-state index in [4.69, 9.17) is 9.47 Å². The average Bonchev–Trinajstić information content (AvgIpc) is 2.95. The van der Waals surface area contributed by atoms with Crippen molar-refractivity contribution < 1.29 is 14.3 Å². The number of benzene rings is 1. The van der Waals surface area contributed by atoms with Gasteiger partial charge in [-0.15, -0.1) is 0 Å². The first-order valence-electron chi connectivity index (χ1n) is 6.64. The standard InChI is InChI=1S/C15H21NO3/c1-11(18-2)15(17)16-9-5-8-14(16)12-6-4-7-13(10-12)19-3/h4,6-7,10-11,14H,5,8-9H2,1-3H3. The van der Waals surface area contributed by atoms with E-state index in [0.29, 0.717) is 0 Å². The summed E-state index contributed by atoms with van der Waals surface area (Å²) in [5.74, 6) is 0.893. The zero-order chi connectivity index (χ0) is 13.8. The van der Waals surface area contributed by atoms with Crippen LogP contribution in [0.4, 0.5) is 0 Å². The Morgan fingerprint density at radius 3 is 2.89 bits per heavy atom. The first-order valence-corrected chi connectivity index (χ1v) is 6.64. The molecule has 0 N–H and O–H groups in total. The minimum atomic E-state index is -0.383. The molecule has 2 atom stereocenters. The van der Waals surface area contributed by atoms with Gasteiger partial charge in [0.25, 0.3) is 5.91 Å². The average molecular weight is 263 g/mol. The summed E-state index contributed by atoms with van der Waals surface area (Å²) in [6.45, 7) is 2.59. The van der Waals surface area contributed by atoms with Crippen molar-refractivity contribution in [2.24, 2.45) is 0 Å². The first-order chi connectivity index (χ1) is 9.17. The van der Waals surface area contributed by atoms with E-state index in [-0.39, 0.29) is 18.1 Å². The van der Waals surface area contributed by atoms with Crippen LogP contribution in [0.25, 0.3) is 0 Å². The third kappa shape index (κ3) is 2.89. The van der Waals surface area contributed by atoms with Gasteiger partial charge in [0, 0.05) is 13.7 Å². The molecule has 0 aromatic heterocycles. The molecule has 4 heteroatoms. The molecular formula is C15H21NO3. The predicted octanol–water partition coefficient (Wildman–Crippen LogP) is 2.39. The molecule has 19 heavy (non-hydrogen) atoms. The maximum absolute atomic E-state index is 12.3. The summed E-state index contributed by atoms with van der Waals surface area (Å²) in [4.78, 5) is 14.2. The lowest BCUT2D eigenvalue weighted by Crippen LogP contribution is -2.38. The Labute approximate surface area is 114 Å². The van der Waals surface area contributed by atoms with Gasteiger partial charge in [-0.05, 0) is 37.5 Å². The van der Waals surface area contributed by atoms with Crippen molar-refractivity contribution in [2.45, 2.75) is 31.9 Å². The molecule has 1 saturated heterocycles. The third-order valence-electron chi connectivity index (χ3n) is 3.72. The minimum Gasteiger partial charge on any atom is -0.497 e. The fourth-order valence-electron chi connectivity index (χ4n) is 2.56. The maximum Gasteiger partial charge on any atom is 0.251 e. The SMILES string of the molecule is COc1cccc(C2CCCN2C(=O)C(C)OC)c1. The number of ether oxygens (including phenoxy) is 2. The van der Waals surface area contributed by atoms with E-state index in [2.05, 4.69) is 6.07 Å². The number of carbonyl (C=O) groups is 1. The normalized spacial score (nSPS) is 20.4. The molecule has 1 fully saturated rings. The van der Waals surface area contributed by atoms with Gasteiger partial charge in [-0.2, -0.15) is 0 Å². The van der Waals surface area contributed by atoms with E-state index in [1.54, 1.807) is 21.1 Å². The van der Waals surface area contributed by atoms with Crippen molar-refractivity contribution in [1.82, 2.24) is 4.90 Å². The van der Waals surface area contributed by atoms with Crippen molar-refractivity contribution in [3.8, 4) is 5.75 Å². The molecular weight excluding hydrogens is 242 g/mol. The number of hydrogen-bond acceptors (Lipinski definition) is 3. The molecule has 2 unspecified atom stereocenters. The highest BCUT2D eigenvalue weighted by Crippen LogP contribution is 2.33. The molecule has 1 amide bonds. The highest BCUT2D eigenvalue weighted by molar-refractivity contribution is 5.81. The number of hydrogen-bond donors (Lipinski definition) is 0. The van der Waals surface area contributed by atoms with Gasteiger partial charge in [0.2, 0.25) is 0 Å². The Morgan fingerprint density at radius 2 is 2.21 bits per heavy atom. The van der Waals surface area contributed by atoms with Gasteiger partial charge in [-0.25, -0.2) is 0 Å². The van der Waals surface area contributed by atoms with Gasteiger partial charge >= 0.3 is 0 Å². The number of likely N-dealkylation sites (tertiary alicyclic amines) is 1. The second-order valence-electron chi connectivity index (χ2n) is 4.84. The number of amides is 1. The summed E-state index contributed by atoms with van der Waals surface area (Å²) in [6.07, 6.45) is 1.64. The van der Waals surface area contributed by atoms with E-state index in [9.17, 15) is 4.79 Å². The molecule has 1 aromatic rings. The van der Waals surface area contributed by atoms with E-state index >= 15 is 0 Å². The van der Waals surface area contributed by atoms with Crippen molar-refractivity contribution in [3.05, 3.63) is 29.8 Å². The predicted molar refractivity (Wildman–Crippen MR) is 73.2 cm³/mol. The molecule has 0 saturated carbocycles. The summed E-state index contributed by atoms with van der Waals surface area (Å²) >= 11 is 0. The Morgan fingerprint density at radius 1 is 1.42 bits per heavy atom. The van der Waals surface area contributed by atoms with Gasteiger partial charge < -0.3 is 14.4 Å². The Balaban J connectivity index is 2.20. The van der Waals surface area contributed by atoms with Gasteiger partial charge in [0.1, 0.15) is 11.9 Å². The van der Waals surface area contributed by atoms with Crippen LogP contribution in [0.5, 0.6) is 5.75 Å². The topological polar surface area (TPSA) is 38.8 Å². The smallest absolute Gasteiger partial charge is 0.251 e. The molecule has 1 aliphatic heterocycles. The maximum atomic E-state index is 12.3. The van der Waals surface area contributed by atoms with Crippen LogP contribution in [0.3, 0.4) is 0 Å². The molecule has 2 rings (SSSR count). The lowest BCUT2D eigenvalue weighted by atomic mass is 10.0. The fourth-order valence-corrected chi connectivity index (χ4v) is 2.56. The lowest BCUT2D eigenvalue weighted by Gasteiger charge is -2.27. The van der Waals surface area contributed by atoms with E-state index in [0.717, 1.165) is 30.7 Å². The first kappa shape index (κ1) is 13.9. The van der Waals surface area contributed by atoms with Crippen molar-refractivity contribution in [3.63, 3.8) is 0 Å². The second-order valence-corrected chi connectivity index (χ2v) is 4.84. The summed E-state index contributed by atoms with van der Waals surface area (Å²) in [5.41, 5.74) is 1.13. The highest BCUT2D eigenvalue weighted by Gasteiger charge is 2.32. The quantitative estimate of drug-likeness (QED) is 0.837. The molecule has 0 bridgehead atoms. The molecule has 104 valence electrons. The highest BCUT2D eigenvalue weighted by atomic mass is 16.5. The summed E-state index contributed by atoms with van der Waals surface area (Å²) < 4.78 is 10.4. The van der Waals surface area contributed by atoms with Crippen LogP contribution in [-0.2, 0) is 9.53 Å². The van der Waals surface area contributed by atoms with E-state index < -0.39 is 0 Å². The van der Waals surface area contributed by atoms with Crippen LogP contribution in [0.15, 0.2) is 24.3 Å². The lowest BCUT2D eigenvalue weighted by molar-refractivity contribution is -0.141. The monoisotopic (exact) mass is 263 g/mol.